The van der Waals surface area contributed by atoms with Gasteiger partial charge in [0.1, 0.15) is 12.4 Å². The number of carbonyl (C=O) groups excluding carboxylic acids is 2. The monoisotopic (exact) mass is 302 g/mol. The van der Waals surface area contributed by atoms with Crippen molar-refractivity contribution >= 4 is 23.5 Å². The minimum atomic E-state index is -0.962. The lowest BCUT2D eigenvalue weighted by Crippen LogP contribution is -2.28. The number of nitrogens with one attached hydrogen (secondary N) is 1. The van der Waals surface area contributed by atoms with Crippen LogP contribution in [0.3, 0.4) is 0 Å². The Labute approximate surface area is 118 Å². The highest BCUT2D eigenvalue weighted by Gasteiger charge is 2.14. The Bertz CT molecular complexity index is 534. The van der Waals surface area contributed by atoms with E-state index in [1.165, 1.54) is 25.1 Å². The molecule has 0 saturated carbocycles. The lowest BCUT2D eigenvalue weighted by molar-refractivity contribution is -0.757. The molecular weight excluding hydrogens is 292 g/mol. The predicted octanol–water partition coefficient (Wildman–Crippen LogP) is 1.20. The van der Waals surface area contributed by atoms with E-state index < -0.39 is 17.0 Å². The molecule has 1 rings (SSSR count). The molecule has 1 N–H and O–H groups in total. The van der Waals surface area contributed by atoms with E-state index in [0.717, 1.165) is 0 Å². The van der Waals surface area contributed by atoms with Crippen molar-refractivity contribution in [2.45, 2.75) is 6.92 Å². The van der Waals surface area contributed by atoms with Gasteiger partial charge in [-0.1, -0.05) is 11.6 Å². The third kappa shape index (κ3) is 5.11. The number of amides is 1. The van der Waals surface area contributed by atoms with Gasteiger partial charge in [0.05, 0.1) is 5.56 Å². The van der Waals surface area contributed by atoms with Gasteiger partial charge < -0.3 is 14.9 Å². The lowest BCUT2D eigenvalue weighted by atomic mass is 10.2. The molecule has 0 aromatic heterocycles. The first-order valence-electron chi connectivity index (χ1n) is 5.43. The highest BCUT2D eigenvalue weighted by molar-refractivity contribution is 6.31. The number of halogens is 1. The molecule has 0 fully saturated rings. The highest BCUT2D eigenvalue weighted by Crippen LogP contribution is 2.23. The summed E-state index contributed by atoms with van der Waals surface area (Å²) in [5.74, 6) is -1.12. The fourth-order valence-electron chi connectivity index (χ4n) is 1.30. The first-order valence-corrected chi connectivity index (χ1v) is 5.81. The average molecular weight is 303 g/mol. The van der Waals surface area contributed by atoms with E-state index in [-0.39, 0.29) is 29.5 Å². The molecular formula is C11H11ClN2O6. The van der Waals surface area contributed by atoms with Crippen LogP contribution < -0.4 is 10.1 Å². The molecule has 0 heterocycles. The number of hydrogen-bond acceptors (Lipinski definition) is 6. The van der Waals surface area contributed by atoms with Crippen molar-refractivity contribution in [3.63, 3.8) is 0 Å². The van der Waals surface area contributed by atoms with Gasteiger partial charge in [-0.15, -0.1) is 10.1 Å². The molecule has 0 unspecified atom stereocenters. The molecule has 0 aliphatic heterocycles. The van der Waals surface area contributed by atoms with Crippen LogP contribution in [0, 0.1) is 10.1 Å². The van der Waals surface area contributed by atoms with Crippen molar-refractivity contribution in [3.05, 3.63) is 38.9 Å². The summed E-state index contributed by atoms with van der Waals surface area (Å²) in [6.07, 6.45) is 0. The molecule has 0 aliphatic rings. The van der Waals surface area contributed by atoms with Crippen LogP contribution in [-0.4, -0.2) is 30.1 Å². The Hall–Kier alpha value is -2.35. The number of ether oxygens (including phenoxy) is 1. The van der Waals surface area contributed by atoms with Crippen LogP contribution in [0.25, 0.3) is 0 Å². The summed E-state index contributed by atoms with van der Waals surface area (Å²) >= 11 is 5.77. The van der Waals surface area contributed by atoms with Crippen molar-refractivity contribution in [2.24, 2.45) is 0 Å². The summed E-state index contributed by atoms with van der Waals surface area (Å²) < 4.78 is 4.87. The number of benzene rings is 1. The van der Waals surface area contributed by atoms with Crippen LogP contribution in [0.4, 0.5) is 0 Å². The molecule has 20 heavy (non-hydrogen) atoms. The van der Waals surface area contributed by atoms with Crippen LogP contribution in [0.1, 0.15) is 17.3 Å². The first kappa shape index (κ1) is 15.7. The molecule has 0 aliphatic carbocycles. The molecule has 1 amide bonds. The number of carbonyl (C=O) groups is 2. The Morgan fingerprint density at radius 3 is 2.75 bits per heavy atom. The summed E-state index contributed by atoms with van der Waals surface area (Å²) in [6.45, 7) is 0.829. The van der Waals surface area contributed by atoms with Crippen molar-refractivity contribution in [1.82, 2.24) is 5.32 Å². The van der Waals surface area contributed by atoms with Gasteiger partial charge in [0.2, 0.25) is 0 Å². The van der Waals surface area contributed by atoms with Gasteiger partial charge in [0.25, 0.3) is 11.0 Å². The maximum Gasteiger partial charge on any atom is 0.308 e. The zero-order valence-electron chi connectivity index (χ0n) is 10.4. The zero-order valence-corrected chi connectivity index (χ0v) is 11.2. The Balaban J connectivity index is 2.72. The molecule has 0 atom stereocenters. The molecule has 1 aromatic rings. The van der Waals surface area contributed by atoms with Crippen molar-refractivity contribution in [2.75, 3.05) is 13.2 Å². The molecule has 0 radical (unpaired) electrons. The molecule has 0 bridgehead atoms. The van der Waals surface area contributed by atoms with Gasteiger partial charge in [-0.25, -0.2) is 0 Å². The topological polar surface area (TPSA) is 108 Å². The number of hydrogen-bond donors (Lipinski definition) is 1. The smallest absolute Gasteiger partial charge is 0.308 e. The predicted molar refractivity (Wildman–Crippen MR) is 68.0 cm³/mol. The van der Waals surface area contributed by atoms with E-state index in [4.69, 9.17) is 16.3 Å². The SMILES string of the molecule is CC(=O)Oc1ccc(Cl)cc1C(=O)NCCO[N+](=O)[O-]. The Morgan fingerprint density at radius 1 is 1.45 bits per heavy atom. The number of nitrogens with zero attached hydrogens (tertiary/aromatic N) is 1. The Morgan fingerprint density at radius 2 is 2.15 bits per heavy atom. The van der Waals surface area contributed by atoms with Crippen LogP contribution in [0.15, 0.2) is 18.2 Å². The van der Waals surface area contributed by atoms with E-state index in [1.807, 2.05) is 0 Å². The zero-order chi connectivity index (χ0) is 15.1. The van der Waals surface area contributed by atoms with Gasteiger partial charge in [0.15, 0.2) is 0 Å². The maximum absolute atomic E-state index is 11.9. The minimum Gasteiger partial charge on any atom is -0.426 e. The van der Waals surface area contributed by atoms with Crippen molar-refractivity contribution < 1.29 is 24.3 Å². The third-order valence-corrected chi connectivity index (χ3v) is 2.26. The second kappa shape index (κ2) is 7.29. The maximum atomic E-state index is 11.9. The highest BCUT2D eigenvalue weighted by atomic mass is 35.5. The van der Waals surface area contributed by atoms with Gasteiger partial charge in [-0.05, 0) is 18.2 Å². The molecule has 0 spiro atoms. The second-order valence-corrected chi connectivity index (χ2v) is 3.98. The quantitative estimate of drug-likeness (QED) is 0.278. The fourth-order valence-corrected chi connectivity index (χ4v) is 1.48. The summed E-state index contributed by atoms with van der Waals surface area (Å²) in [4.78, 5) is 36.8. The van der Waals surface area contributed by atoms with Crippen LogP contribution in [0.2, 0.25) is 5.02 Å². The molecule has 1 aromatic carbocycles. The van der Waals surface area contributed by atoms with Crippen molar-refractivity contribution in [1.29, 1.82) is 0 Å². The Kier molecular flexibility index (Phi) is 5.73. The average Bonchev–Trinajstić information content (AvgIpc) is 2.35. The van der Waals surface area contributed by atoms with Gasteiger partial charge >= 0.3 is 5.97 Å². The first-order chi connectivity index (χ1) is 9.40. The summed E-state index contributed by atoms with van der Waals surface area (Å²) in [5.41, 5.74) is 0.0498. The van der Waals surface area contributed by atoms with E-state index in [2.05, 4.69) is 10.2 Å². The number of esters is 1. The largest absolute Gasteiger partial charge is 0.426 e. The standard InChI is InChI=1S/C11H11ClN2O6/c1-7(15)20-10-3-2-8(12)6-9(10)11(16)13-4-5-19-14(17)18/h2-3,6H,4-5H2,1H3,(H,13,16). The van der Waals surface area contributed by atoms with Crippen molar-refractivity contribution in [3.8, 4) is 5.75 Å². The van der Waals surface area contributed by atoms with Gasteiger partial charge in [-0.2, -0.15) is 0 Å². The molecule has 8 nitrogen and oxygen atoms in total. The minimum absolute atomic E-state index is 0.0498. The molecule has 9 heteroatoms. The second-order valence-electron chi connectivity index (χ2n) is 3.55. The van der Waals surface area contributed by atoms with Gasteiger partial charge in [-0.3, -0.25) is 9.59 Å². The van der Waals surface area contributed by atoms with Crippen LogP contribution in [-0.2, 0) is 9.63 Å². The van der Waals surface area contributed by atoms with E-state index in [1.54, 1.807) is 0 Å². The van der Waals surface area contributed by atoms with Crippen LogP contribution in [0.5, 0.6) is 5.75 Å². The molecule has 0 saturated heterocycles. The van der Waals surface area contributed by atoms with E-state index in [0.29, 0.717) is 0 Å². The molecule has 108 valence electrons. The van der Waals surface area contributed by atoms with Gasteiger partial charge in [0, 0.05) is 18.5 Å². The van der Waals surface area contributed by atoms with Crippen LogP contribution >= 0.6 is 11.6 Å². The van der Waals surface area contributed by atoms with E-state index in [9.17, 15) is 19.7 Å². The number of rotatable bonds is 6. The third-order valence-electron chi connectivity index (χ3n) is 2.02. The van der Waals surface area contributed by atoms with E-state index >= 15 is 0 Å². The summed E-state index contributed by atoms with van der Waals surface area (Å²) in [5, 5.41) is 11.6. The fraction of sp³-hybridized carbons (Fsp3) is 0.273. The summed E-state index contributed by atoms with van der Waals surface area (Å²) in [6, 6.07) is 4.17. The normalized spacial score (nSPS) is 9.70. The lowest BCUT2D eigenvalue weighted by Gasteiger charge is -2.09. The summed E-state index contributed by atoms with van der Waals surface area (Å²) in [7, 11) is 0.